The van der Waals surface area contributed by atoms with Crippen molar-refractivity contribution in [3.05, 3.63) is 83.3 Å². The molecule has 0 bridgehead atoms. The summed E-state index contributed by atoms with van der Waals surface area (Å²) >= 11 is 0. The third-order valence-corrected chi connectivity index (χ3v) is 4.70. The lowest BCUT2D eigenvalue weighted by Crippen LogP contribution is -2.19. The number of rotatable bonds is 3. The Balaban J connectivity index is 1.68. The number of imidazole rings is 1. The van der Waals surface area contributed by atoms with Gasteiger partial charge in [-0.25, -0.2) is 9.97 Å². The third kappa shape index (κ3) is 3.76. The molecule has 4 rings (SSSR count). The molecule has 0 saturated carbocycles. The summed E-state index contributed by atoms with van der Waals surface area (Å²) in [5.74, 6) is -0.295. The summed E-state index contributed by atoms with van der Waals surface area (Å²) in [6, 6.07) is 10.0. The summed E-state index contributed by atoms with van der Waals surface area (Å²) in [5.41, 5.74) is 2.05. The minimum atomic E-state index is -4.62. The number of aromatic nitrogens is 3. The second kappa shape index (κ2) is 7.29. The van der Waals surface area contributed by atoms with Gasteiger partial charge in [-0.2, -0.15) is 13.2 Å². The van der Waals surface area contributed by atoms with Gasteiger partial charge in [0.2, 0.25) is 5.78 Å². The second-order valence-electron chi connectivity index (χ2n) is 6.99. The zero-order chi connectivity index (χ0) is 21.5. The van der Waals surface area contributed by atoms with Gasteiger partial charge in [0.05, 0.1) is 16.8 Å². The van der Waals surface area contributed by atoms with Crippen molar-refractivity contribution in [1.29, 1.82) is 0 Å². The fourth-order valence-electron chi connectivity index (χ4n) is 3.16. The highest BCUT2D eigenvalue weighted by molar-refractivity contribution is 6.06. The Hall–Kier alpha value is -3.68. The number of nitrogens with one attached hydrogen (secondary N) is 1. The summed E-state index contributed by atoms with van der Waals surface area (Å²) < 4.78 is 41.5. The number of aryl methyl sites for hydroxylation is 2. The minimum Gasteiger partial charge on any atom is -0.322 e. The molecule has 152 valence electrons. The maximum atomic E-state index is 13.2. The summed E-state index contributed by atoms with van der Waals surface area (Å²) in [5, 5.41) is 2.60. The maximum Gasteiger partial charge on any atom is 0.417 e. The lowest BCUT2D eigenvalue weighted by Gasteiger charge is -2.14. The molecule has 8 heteroatoms. The molecule has 5 nitrogen and oxygen atoms in total. The van der Waals surface area contributed by atoms with E-state index in [4.69, 9.17) is 0 Å². The van der Waals surface area contributed by atoms with Gasteiger partial charge in [0.1, 0.15) is 0 Å². The van der Waals surface area contributed by atoms with E-state index in [-0.39, 0.29) is 0 Å². The van der Waals surface area contributed by atoms with Crippen LogP contribution in [-0.4, -0.2) is 20.3 Å². The predicted octanol–water partition coefficient (Wildman–Crippen LogP) is 5.28. The highest BCUT2D eigenvalue weighted by atomic mass is 19.4. The number of anilines is 1. The van der Waals surface area contributed by atoms with Gasteiger partial charge < -0.3 is 5.32 Å². The Morgan fingerprint density at radius 1 is 1.07 bits per heavy atom. The van der Waals surface area contributed by atoms with E-state index in [0.29, 0.717) is 28.3 Å². The predicted molar refractivity (Wildman–Crippen MR) is 107 cm³/mol. The number of amides is 1. The molecule has 0 aliphatic rings. The van der Waals surface area contributed by atoms with Crippen molar-refractivity contribution in [2.24, 2.45) is 0 Å². The molecule has 0 aliphatic heterocycles. The van der Waals surface area contributed by atoms with Crippen LogP contribution in [0.2, 0.25) is 0 Å². The molecule has 1 N–H and O–H groups in total. The average molecular weight is 410 g/mol. The highest BCUT2D eigenvalue weighted by Crippen LogP contribution is 2.32. The zero-order valence-corrected chi connectivity index (χ0v) is 16.2. The van der Waals surface area contributed by atoms with E-state index < -0.39 is 23.2 Å². The van der Waals surface area contributed by atoms with Crippen molar-refractivity contribution in [2.75, 3.05) is 5.32 Å². The Bertz CT molecular complexity index is 1260. The van der Waals surface area contributed by atoms with Crippen LogP contribution in [-0.2, 0) is 6.18 Å². The maximum absolute atomic E-state index is 13.2. The molecule has 0 atom stereocenters. The molecule has 2 aromatic heterocycles. The van der Waals surface area contributed by atoms with Crippen molar-refractivity contribution >= 4 is 17.4 Å². The topological polar surface area (TPSA) is 59.3 Å². The molecule has 0 radical (unpaired) electrons. The Morgan fingerprint density at radius 3 is 2.60 bits per heavy atom. The fraction of sp³-hybridized carbons (Fsp3) is 0.136. The largest absolute Gasteiger partial charge is 0.417 e. The number of halogens is 3. The van der Waals surface area contributed by atoms with Crippen molar-refractivity contribution < 1.29 is 18.0 Å². The van der Waals surface area contributed by atoms with E-state index in [2.05, 4.69) is 15.3 Å². The smallest absolute Gasteiger partial charge is 0.322 e. The molecular formula is C22H17F3N4O. The van der Waals surface area contributed by atoms with Crippen LogP contribution in [0.15, 0.2) is 61.1 Å². The van der Waals surface area contributed by atoms with Gasteiger partial charge in [-0.15, -0.1) is 0 Å². The third-order valence-electron chi connectivity index (χ3n) is 4.70. The minimum absolute atomic E-state index is 0.413. The Labute approximate surface area is 170 Å². The number of alkyl halides is 3. The Kier molecular flexibility index (Phi) is 4.77. The number of hydrogen-bond donors (Lipinski definition) is 1. The second-order valence-corrected chi connectivity index (χ2v) is 6.99. The lowest BCUT2D eigenvalue weighted by molar-refractivity contribution is -0.137. The van der Waals surface area contributed by atoms with E-state index >= 15 is 0 Å². The number of benzene rings is 2. The molecule has 1 amide bonds. The first-order valence-corrected chi connectivity index (χ1v) is 9.12. The molecule has 0 aliphatic carbocycles. The zero-order valence-electron chi connectivity index (χ0n) is 16.2. The number of carbonyl (C=O) groups is 1. The number of fused-ring (bicyclic) bond motifs is 1. The van der Waals surface area contributed by atoms with Gasteiger partial charge >= 0.3 is 6.18 Å². The molecule has 0 saturated heterocycles. The van der Waals surface area contributed by atoms with Crippen LogP contribution in [0.5, 0.6) is 0 Å². The molecule has 0 spiro atoms. The van der Waals surface area contributed by atoms with Crippen molar-refractivity contribution in [2.45, 2.75) is 20.0 Å². The molecule has 4 aromatic rings. The van der Waals surface area contributed by atoms with E-state index in [9.17, 15) is 18.0 Å². The quantitative estimate of drug-likeness (QED) is 0.500. The van der Waals surface area contributed by atoms with Gasteiger partial charge in [-0.3, -0.25) is 9.20 Å². The molecular weight excluding hydrogens is 393 g/mol. The lowest BCUT2D eigenvalue weighted by atomic mass is 10.0. The van der Waals surface area contributed by atoms with E-state index in [1.165, 1.54) is 12.1 Å². The number of hydrogen-bond acceptors (Lipinski definition) is 3. The molecule has 2 aromatic carbocycles. The monoisotopic (exact) mass is 410 g/mol. The van der Waals surface area contributed by atoms with Crippen LogP contribution in [0.25, 0.3) is 17.0 Å². The molecule has 0 unspecified atom stereocenters. The van der Waals surface area contributed by atoms with Gasteiger partial charge in [0, 0.05) is 29.8 Å². The summed E-state index contributed by atoms with van der Waals surface area (Å²) in [6.45, 7) is 3.69. The van der Waals surface area contributed by atoms with Crippen molar-refractivity contribution in [3.63, 3.8) is 0 Å². The first-order valence-electron chi connectivity index (χ1n) is 9.12. The normalized spacial score (nSPS) is 11.6. The van der Waals surface area contributed by atoms with Gasteiger partial charge in [0.15, 0.2) is 0 Å². The van der Waals surface area contributed by atoms with Crippen molar-refractivity contribution in [3.8, 4) is 11.3 Å². The summed E-state index contributed by atoms with van der Waals surface area (Å²) in [7, 11) is 0. The SMILES string of the molecule is Cc1cnc2nc(-c3ccc(C)c(NC(=O)c4ccccc4C(F)(F)F)c3)cn2c1. The number of nitrogens with zero attached hydrogens (tertiary/aromatic N) is 3. The van der Waals surface area contributed by atoms with Crippen LogP contribution in [0.1, 0.15) is 27.0 Å². The first kappa shape index (κ1) is 19.6. The van der Waals surface area contributed by atoms with E-state index in [1.807, 2.05) is 25.4 Å². The van der Waals surface area contributed by atoms with Crippen LogP contribution < -0.4 is 5.32 Å². The van der Waals surface area contributed by atoms with E-state index in [0.717, 1.165) is 17.7 Å². The van der Waals surface area contributed by atoms with Crippen LogP contribution in [0.3, 0.4) is 0 Å². The molecule has 2 heterocycles. The fourth-order valence-corrected chi connectivity index (χ4v) is 3.16. The summed E-state index contributed by atoms with van der Waals surface area (Å²) in [6.07, 6.45) is 0.797. The average Bonchev–Trinajstić information content (AvgIpc) is 3.12. The summed E-state index contributed by atoms with van der Waals surface area (Å²) in [4.78, 5) is 21.4. The number of carbonyl (C=O) groups excluding carboxylic acids is 1. The van der Waals surface area contributed by atoms with Crippen LogP contribution in [0.4, 0.5) is 18.9 Å². The Morgan fingerprint density at radius 2 is 1.83 bits per heavy atom. The van der Waals surface area contributed by atoms with Crippen LogP contribution in [0, 0.1) is 13.8 Å². The highest BCUT2D eigenvalue weighted by Gasteiger charge is 2.34. The van der Waals surface area contributed by atoms with Gasteiger partial charge in [-0.05, 0) is 43.2 Å². The van der Waals surface area contributed by atoms with E-state index in [1.54, 1.807) is 29.7 Å². The standard InChI is InChI=1S/C22H17F3N4O/c1-13-10-26-21-28-19(12-29(21)11-13)15-8-7-14(2)18(9-15)27-20(30)16-5-3-4-6-17(16)22(23,24)25/h3-12H,1-2H3,(H,27,30). The van der Waals surface area contributed by atoms with Gasteiger partial charge in [-0.1, -0.05) is 24.3 Å². The van der Waals surface area contributed by atoms with Crippen LogP contribution >= 0.6 is 0 Å². The van der Waals surface area contributed by atoms with Crippen molar-refractivity contribution in [1.82, 2.24) is 14.4 Å². The van der Waals surface area contributed by atoms with Gasteiger partial charge in [0.25, 0.3) is 5.91 Å². The molecule has 0 fully saturated rings. The molecule has 30 heavy (non-hydrogen) atoms. The first-order chi connectivity index (χ1) is 14.2.